The number of hydrogen-bond donors (Lipinski definition) is 1. The summed E-state index contributed by atoms with van der Waals surface area (Å²) in [6.45, 7) is 0.490. The summed E-state index contributed by atoms with van der Waals surface area (Å²) in [5, 5.41) is 3.68. The van der Waals surface area contributed by atoms with Crippen LogP contribution in [0.1, 0.15) is 45.5 Å². The van der Waals surface area contributed by atoms with Gasteiger partial charge in [0.2, 0.25) is 5.91 Å². The van der Waals surface area contributed by atoms with Gasteiger partial charge in [0, 0.05) is 11.9 Å². The van der Waals surface area contributed by atoms with Gasteiger partial charge in [0.05, 0.1) is 18.7 Å². The van der Waals surface area contributed by atoms with E-state index in [1.54, 1.807) is 25.5 Å². The second-order valence-corrected chi connectivity index (χ2v) is 8.55. The molecule has 31 heavy (non-hydrogen) atoms. The predicted octanol–water partition coefficient (Wildman–Crippen LogP) is 5.07. The topological polar surface area (TPSA) is 60.5 Å². The minimum absolute atomic E-state index is 0.0533. The average Bonchev–Trinajstić information content (AvgIpc) is 3.25. The maximum absolute atomic E-state index is 12.2. The number of aromatic nitrogens is 1. The van der Waals surface area contributed by atoms with Crippen LogP contribution in [-0.4, -0.2) is 25.0 Å². The van der Waals surface area contributed by atoms with E-state index >= 15 is 0 Å². The minimum Gasteiger partial charge on any atom is -0.493 e. The van der Waals surface area contributed by atoms with Crippen LogP contribution in [-0.2, 0) is 17.8 Å². The number of nitrogens with one attached hydrogen (secondary N) is 1. The number of aryl methyl sites for hydroxylation is 1. The number of carbonyl (C=O) groups is 1. The smallest absolute Gasteiger partial charge is 0.228 e. The molecule has 5 nitrogen and oxygen atoms in total. The highest BCUT2D eigenvalue weighted by Gasteiger charge is 2.29. The van der Waals surface area contributed by atoms with Crippen LogP contribution >= 0.6 is 11.3 Å². The van der Waals surface area contributed by atoms with Gasteiger partial charge in [0.1, 0.15) is 11.6 Å². The van der Waals surface area contributed by atoms with E-state index in [2.05, 4.69) is 5.32 Å². The molecule has 0 saturated carbocycles. The highest BCUT2D eigenvalue weighted by molar-refractivity contribution is 7.12. The van der Waals surface area contributed by atoms with Crippen molar-refractivity contribution in [1.82, 2.24) is 10.3 Å². The Morgan fingerprint density at radius 3 is 2.81 bits per heavy atom. The summed E-state index contributed by atoms with van der Waals surface area (Å²) in [5.41, 5.74) is 3.05. The Hall–Kier alpha value is -3.12. The minimum atomic E-state index is -0.131. The molecule has 0 spiro atoms. The predicted molar refractivity (Wildman–Crippen MR) is 125 cm³/mol. The molecule has 1 unspecified atom stereocenters. The van der Waals surface area contributed by atoms with E-state index in [0.717, 1.165) is 41.1 Å². The van der Waals surface area contributed by atoms with Gasteiger partial charge in [0.25, 0.3) is 0 Å². The molecule has 3 aromatic rings. The van der Waals surface area contributed by atoms with Crippen molar-refractivity contribution in [2.75, 3.05) is 14.2 Å². The van der Waals surface area contributed by atoms with Crippen molar-refractivity contribution in [2.45, 2.75) is 31.8 Å². The quantitative estimate of drug-likeness (QED) is 0.564. The van der Waals surface area contributed by atoms with E-state index in [4.69, 9.17) is 14.5 Å². The zero-order chi connectivity index (χ0) is 21.6. The van der Waals surface area contributed by atoms with Crippen molar-refractivity contribution in [3.63, 3.8) is 0 Å². The third kappa shape index (κ3) is 4.97. The van der Waals surface area contributed by atoms with Gasteiger partial charge in [0.15, 0.2) is 11.5 Å². The largest absolute Gasteiger partial charge is 0.493 e. The van der Waals surface area contributed by atoms with Crippen molar-refractivity contribution in [3.05, 3.63) is 75.2 Å². The maximum atomic E-state index is 12.2. The number of likely N-dealkylation sites (N-methyl/N-ethyl adjacent to an activating group) is 1. The van der Waals surface area contributed by atoms with Crippen LogP contribution in [0.25, 0.3) is 12.2 Å². The number of benzene rings is 2. The molecule has 0 aliphatic heterocycles. The van der Waals surface area contributed by atoms with E-state index in [1.165, 1.54) is 4.88 Å². The molecule has 0 bridgehead atoms. The van der Waals surface area contributed by atoms with Crippen LogP contribution < -0.4 is 14.8 Å². The fourth-order valence-corrected chi connectivity index (χ4v) is 4.82. The van der Waals surface area contributed by atoms with Crippen LogP contribution in [0.2, 0.25) is 0 Å². The summed E-state index contributed by atoms with van der Waals surface area (Å²) in [4.78, 5) is 18.2. The Labute approximate surface area is 186 Å². The molecule has 1 amide bonds. The van der Waals surface area contributed by atoms with Crippen LogP contribution in [0.4, 0.5) is 0 Å². The molecule has 4 rings (SSSR count). The van der Waals surface area contributed by atoms with Gasteiger partial charge in [-0.2, -0.15) is 0 Å². The molecule has 1 aliphatic rings. The lowest BCUT2D eigenvalue weighted by Gasteiger charge is -2.19. The summed E-state index contributed by atoms with van der Waals surface area (Å²) in [5.74, 6) is 1.32. The molecule has 1 aromatic heterocycles. The fourth-order valence-electron chi connectivity index (χ4n) is 3.75. The third-order valence-electron chi connectivity index (χ3n) is 5.38. The van der Waals surface area contributed by atoms with Crippen LogP contribution in [0.5, 0.6) is 11.5 Å². The second kappa shape index (κ2) is 9.79. The summed E-state index contributed by atoms with van der Waals surface area (Å²) in [7, 11) is 3.33. The summed E-state index contributed by atoms with van der Waals surface area (Å²) < 4.78 is 11.5. The van der Waals surface area contributed by atoms with Gasteiger partial charge in [-0.25, -0.2) is 4.98 Å². The fraction of sp³-hybridized carbons (Fsp3) is 0.280. The zero-order valence-electron chi connectivity index (χ0n) is 17.8. The monoisotopic (exact) mass is 434 g/mol. The van der Waals surface area contributed by atoms with Crippen molar-refractivity contribution < 1.29 is 14.3 Å². The van der Waals surface area contributed by atoms with E-state index in [9.17, 15) is 4.79 Å². The molecule has 160 valence electrons. The SMILES string of the molecule is CNC(=O)C1CCCc2sc(C=Cc3ccc(OCc4ccccc4)c(OC)c3)nc21. The van der Waals surface area contributed by atoms with Gasteiger partial charge in [-0.05, 0) is 48.6 Å². The number of thiazole rings is 1. The van der Waals surface area contributed by atoms with Crippen molar-refractivity contribution in [2.24, 2.45) is 0 Å². The van der Waals surface area contributed by atoms with Crippen molar-refractivity contribution in [3.8, 4) is 11.5 Å². The first-order valence-corrected chi connectivity index (χ1v) is 11.2. The number of rotatable bonds is 7. The number of hydrogen-bond acceptors (Lipinski definition) is 5. The Balaban J connectivity index is 1.48. The molecule has 0 fully saturated rings. The molecular weight excluding hydrogens is 408 g/mol. The van der Waals surface area contributed by atoms with E-state index in [-0.39, 0.29) is 11.8 Å². The maximum Gasteiger partial charge on any atom is 0.228 e. The van der Waals surface area contributed by atoms with Crippen LogP contribution in [0, 0.1) is 0 Å². The van der Waals surface area contributed by atoms with Gasteiger partial charge < -0.3 is 14.8 Å². The van der Waals surface area contributed by atoms with Gasteiger partial charge in [-0.1, -0.05) is 42.5 Å². The highest BCUT2D eigenvalue weighted by Crippen LogP contribution is 2.36. The number of carbonyl (C=O) groups excluding carboxylic acids is 1. The first kappa shape index (κ1) is 21.1. The first-order chi connectivity index (χ1) is 15.2. The van der Waals surface area contributed by atoms with Crippen molar-refractivity contribution >= 4 is 29.4 Å². The molecule has 0 radical (unpaired) electrons. The van der Waals surface area contributed by atoms with E-state index < -0.39 is 0 Å². The second-order valence-electron chi connectivity index (χ2n) is 7.44. The number of amides is 1. The average molecular weight is 435 g/mol. The Bertz CT molecular complexity index is 1080. The lowest BCUT2D eigenvalue weighted by molar-refractivity contribution is -0.122. The lowest BCUT2D eigenvalue weighted by atomic mass is 9.90. The Morgan fingerprint density at radius 1 is 1.19 bits per heavy atom. The molecule has 0 saturated heterocycles. The number of ether oxygens (including phenoxy) is 2. The van der Waals surface area contributed by atoms with E-state index in [0.29, 0.717) is 18.1 Å². The van der Waals surface area contributed by atoms with Gasteiger partial charge in [-0.15, -0.1) is 11.3 Å². The van der Waals surface area contributed by atoms with Crippen LogP contribution in [0.15, 0.2) is 48.5 Å². The Morgan fingerprint density at radius 2 is 2.03 bits per heavy atom. The van der Waals surface area contributed by atoms with Gasteiger partial charge >= 0.3 is 0 Å². The van der Waals surface area contributed by atoms with Crippen molar-refractivity contribution in [1.29, 1.82) is 0 Å². The van der Waals surface area contributed by atoms with E-state index in [1.807, 2.05) is 60.7 Å². The number of fused-ring (bicyclic) bond motifs is 1. The molecule has 1 atom stereocenters. The third-order valence-corrected chi connectivity index (χ3v) is 6.47. The normalized spacial score (nSPS) is 15.5. The Kier molecular flexibility index (Phi) is 6.67. The lowest BCUT2D eigenvalue weighted by Crippen LogP contribution is -2.28. The molecule has 2 aromatic carbocycles. The number of methoxy groups -OCH3 is 1. The number of nitrogens with zero attached hydrogens (tertiary/aromatic N) is 1. The zero-order valence-corrected chi connectivity index (χ0v) is 18.6. The molecule has 6 heteroatoms. The molecule has 1 aliphatic carbocycles. The first-order valence-electron chi connectivity index (χ1n) is 10.4. The van der Waals surface area contributed by atoms with Crippen LogP contribution in [0.3, 0.4) is 0 Å². The molecule has 1 heterocycles. The highest BCUT2D eigenvalue weighted by atomic mass is 32.1. The standard InChI is InChI=1S/C25H26N2O3S/c1-26-25(28)19-9-6-10-22-24(19)27-23(31-22)14-12-17-11-13-20(21(15-17)29-2)30-16-18-7-4-3-5-8-18/h3-5,7-8,11-15,19H,6,9-10,16H2,1-2H3,(H,26,28). The summed E-state index contributed by atoms with van der Waals surface area (Å²) in [6.07, 6.45) is 6.90. The van der Waals surface area contributed by atoms with Gasteiger partial charge in [-0.3, -0.25) is 4.79 Å². The molecular formula is C25H26N2O3S. The molecule has 1 N–H and O–H groups in total. The summed E-state index contributed by atoms with van der Waals surface area (Å²) >= 11 is 1.67. The summed E-state index contributed by atoms with van der Waals surface area (Å²) in [6, 6.07) is 15.9.